The zero-order valence-corrected chi connectivity index (χ0v) is 39.3. The molecule has 1 aliphatic carbocycles. The maximum Gasteiger partial charge on any atom is 0.258 e. The van der Waals surface area contributed by atoms with Crippen LogP contribution >= 0.6 is 11.3 Å². The van der Waals surface area contributed by atoms with Gasteiger partial charge in [0.1, 0.15) is 23.6 Å². The lowest BCUT2D eigenvalue weighted by molar-refractivity contribution is -0.145. The first-order chi connectivity index (χ1) is 32.1. The maximum atomic E-state index is 14.7. The van der Waals surface area contributed by atoms with Crippen LogP contribution in [0.5, 0.6) is 11.5 Å². The van der Waals surface area contributed by atoms with Gasteiger partial charge in [0.2, 0.25) is 11.8 Å². The molecule has 3 atom stereocenters. The topological polar surface area (TPSA) is 199 Å². The monoisotopic (exact) mass is 933 g/mol. The summed E-state index contributed by atoms with van der Waals surface area (Å²) in [7, 11) is 0. The molecule has 6 N–H and O–H groups in total. The molecule has 2 aromatic heterocycles. The molecule has 3 aliphatic rings. The van der Waals surface area contributed by atoms with Gasteiger partial charge in [-0.05, 0) is 79.0 Å². The number of nitrogen functional groups attached to an aromatic ring is 1. The van der Waals surface area contributed by atoms with E-state index in [9.17, 15) is 29.0 Å². The fourth-order valence-corrected chi connectivity index (χ4v) is 9.52. The number of anilines is 2. The summed E-state index contributed by atoms with van der Waals surface area (Å²) in [5, 5.41) is 35.0. The Morgan fingerprint density at radius 1 is 1.00 bits per heavy atom. The lowest BCUT2D eigenvalue weighted by atomic mass is 9.85. The van der Waals surface area contributed by atoms with Gasteiger partial charge >= 0.3 is 0 Å². The quantitative estimate of drug-likeness (QED) is 0.0746. The van der Waals surface area contributed by atoms with Gasteiger partial charge in [-0.1, -0.05) is 69.3 Å². The van der Waals surface area contributed by atoms with Crippen LogP contribution in [0.2, 0.25) is 0 Å². The molecule has 67 heavy (non-hydrogen) atoms. The number of para-hydroxylation sites is 1. The number of β-amino-alcohol motifs (C(OH)–C–C–N with tert-alkyl or cyclic N) is 1. The zero-order valence-electron chi connectivity index (χ0n) is 38.5. The SMILES string of the molecule is Cc1ncsc1-c1ccc(CNC(=O)C2CC(O)CN2C(=O)C(NC(=O)C2(F)CC2)C(C)(C)C)c(OCCCc2ccc(CN3CCN(c4cc(-c5ccccc5O)nnc4N)CC3)cc2)c1. The van der Waals surface area contributed by atoms with Crippen LogP contribution in [0.25, 0.3) is 21.7 Å². The third kappa shape index (κ3) is 11.2. The Hall–Kier alpha value is -6.17. The van der Waals surface area contributed by atoms with Crippen molar-refractivity contribution in [3.05, 3.63) is 101 Å². The Bertz CT molecular complexity index is 2570. The number of carbonyl (C=O) groups excluding carboxylic acids is 3. The summed E-state index contributed by atoms with van der Waals surface area (Å²) in [6, 6.07) is 21.4. The van der Waals surface area contributed by atoms with Gasteiger partial charge in [-0.25, -0.2) is 9.37 Å². The van der Waals surface area contributed by atoms with Gasteiger partial charge in [0, 0.05) is 63.4 Å². The Kier molecular flexibility index (Phi) is 14.1. The molecule has 0 spiro atoms. The minimum absolute atomic E-state index is 0.0335. The number of phenols is 1. The molecular weight excluding hydrogens is 874 g/mol. The molecule has 354 valence electrons. The first-order valence-electron chi connectivity index (χ1n) is 23.0. The number of carbonyl (C=O) groups is 3. The lowest BCUT2D eigenvalue weighted by Crippen LogP contribution is -2.59. The van der Waals surface area contributed by atoms with E-state index in [1.807, 2.05) is 43.3 Å². The molecule has 3 aromatic carbocycles. The molecule has 0 radical (unpaired) electrons. The number of nitrogens with two attached hydrogens (primary N) is 1. The van der Waals surface area contributed by atoms with E-state index < -0.39 is 47.0 Å². The van der Waals surface area contributed by atoms with Gasteiger partial charge in [0.25, 0.3) is 5.91 Å². The number of benzene rings is 3. The van der Waals surface area contributed by atoms with Crippen molar-refractivity contribution in [2.45, 2.75) is 96.7 Å². The van der Waals surface area contributed by atoms with Crippen molar-refractivity contribution in [2.24, 2.45) is 5.41 Å². The third-order valence-corrected chi connectivity index (χ3v) is 13.8. The number of nitrogens with zero attached hydrogens (tertiary/aromatic N) is 6. The summed E-state index contributed by atoms with van der Waals surface area (Å²) in [4.78, 5) is 51.9. The Morgan fingerprint density at radius 2 is 1.73 bits per heavy atom. The molecule has 2 aliphatic heterocycles. The third-order valence-electron chi connectivity index (χ3n) is 12.9. The van der Waals surface area contributed by atoms with E-state index in [2.05, 4.69) is 59.9 Å². The number of nitrogens with one attached hydrogen (secondary N) is 2. The van der Waals surface area contributed by atoms with Crippen molar-refractivity contribution in [2.75, 3.05) is 50.0 Å². The number of aromatic hydroxyl groups is 1. The highest BCUT2D eigenvalue weighted by atomic mass is 32.1. The second kappa shape index (κ2) is 20.0. The highest BCUT2D eigenvalue weighted by Gasteiger charge is 2.53. The average molecular weight is 934 g/mol. The number of piperazine rings is 1. The minimum atomic E-state index is -1.97. The van der Waals surface area contributed by atoms with Crippen LogP contribution in [0, 0.1) is 12.3 Å². The summed E-state index contributed by atoms with van der Waals surface area (Å²) >= 11 is 1.54. The van der Waals surface area contributed by atoms with Gasteiger partial charge in [-0.3, -0.25) is 19.3 Å². The Balaban J connectivity index is 0.848. The first kappa shape index (κ1) is 47.3. The maximum absolute atomic E-state index is 14.7. The number of ether oxygens (including phenoxy) is 1. The minimum Gasteiger partial charge on any atom is -0.507 e. The normalized spacial score (nSPS) is 18.7. The largest absolute Gasteiger partial charge is 0.507 e. The van der Waals surface area contributed by atoms with Crippen molar-refractivity contribution < 1.29 is 33.7 Å². The summed E-state index contributed by atoms with van der Waals surface area (Å²) in [5.41, 5.74) is 12.4. The van der Waals surface area contributed by atoms with Crippen LogP contribution in [0.15, 0.2) is 78.3 Å². The van der Waals surface area contributed by atoms with Crippen LogP contribution in [0.4, 0.5) is 15.9 Å². The Labute approximate surface area is 394 Å². The summed E-state index contributed by atoms with van der Waals surface area (Å²) < 4.78 is 21.1. The summed E-state index contributed by atoms with van der Waals surface area (Å²) in [6.45, 7) is 11.8. The number of thiazole rings is 1. The number of hydrogen-bond donors (Lipinski definition) is 5. The number of alkyl halides is 1. The van der Waals surface area contributed by atoms with Gasteiger partial charge in [-0.2, -0.15) is 0 Å². The van der Waals surface area contributed by atoms with Crippen LogP contribution in [0.1, 0.15) is 68.8 Å². The smallest absolute Gasteiger partial charge is 0.258 e. The summed E-state index contributed by atoms with van der Waals surface area (Å²) in [6.07, 6.45) is 0.876. The second-order valence-corrected chi connectivity index (χ2v) is 19.8. The number of phenolic OH excluding ortho intramolecular Hbond substituents is 1. The predicted octanol–water partition coefficient (Wildman–Crippen LogP) is 5.81. The molecule has 8 rings (SSSR count). The molecule has 4 heterocycles. The standard InChI is InChI=1S/C50H60FN9O6S/c1-31-43(67-30-54-31)34-15-16-35(27-53-46(63)40-25-36(61)29-60(40)47(64)44(49(2,3)4)55-48(65)50(51)17-18-50)42(24-34)66-23-7-8-32-11-13-33(14-12-32)28-58-19-21-59(22-20-58)39-26-38(56-57-45(39)52)37-9-5-6-10-41(37)62/h5-6,9-16,24,26,30,36,40,44,61-62H,7-8,17-23,25,27-29H2,1-4H3,(H2,52,57)(H,53,63)(H,55,65). The van der Waals surface area contributed by atoms with Gasteiger partial charge in [0.15, 0.2) is 11.5 Å². The number of amides is 3. The highest BCUT2D eigenvalue weighted by Crippen LogP contribution is 2.41. The van der Waals surface area contributed by atoms with E-state index in [-0.39, 0.29) is 38.1 Å². The second-order valence-electron chi connectivity index (χ2n) is 19.0. The Morgan fingerprint density at radius 3 is 2.42 bits per heavy atom. The fraction of sp³-hybridized carbons (Fsp3) is 0.440. The molecular formula is C50H60FN9O6S. The van der Waals surface area contributed by atoms with Crippen LogP contribution in [-0.2, 0) is 33.9 Å². The van der Waals surface area contributed by atoms with E-state index in [0.717, 1.165) is 73.0 Å². The molecule has 3 fully saturated rings. The van der Waals surface area contributed by atoms with E-state index in [4.69, 9.17) is 10.5 Å². The van der Waals surface area contributed by atoms with E-state index in [1.165, 1.54) is 27.4 Å². The fourth-order valence-electron chi connectivity index (χ4n) is 8.71. The molecule has 15 nitrogen and oxygen atoms in total. The number of aryl methyl sites for hydroxylation is 2. The van der Waals surface area contributed by atoms with Crippen molar-refractivity contribution in [3.63, 3.8) is 0 Å². The molecule has 3 amide bonds. The first-order valence-corrected chi connectivity index (χ1v) is 23.8. The van der Waals surface area contributed by atoms with Crippen LogP contribution in [0.3, 0.4) is 0 Å². The summed E-state index contributed by atoms with van der Waals surface area (Å²) in [5.74, 6) is -0.669. The predicted molar refractivity (Wildman–Crippen MR) is 256 cm³/mol. The average Bonchev–Trinajstić information content (AvgIpc) is 3.72. The molecule has 0 bridgehead atoms. The number of hydrogen-bond acceptors (Lipinski definition) is 13. The van der Waals surface area contributed by atoms with Crippen molar-refractivity contribution >= 4 is 40.6 Å². The molecule has 3 unspecified atom stereocenters. The number of aliphatic hydroxyl groups excluding tert-OH is 1. The molecule has 17 heteroatoms. The zero-order chi connectivity index (χ0) is 47.5. The molecule has 5 aromatic rings. The number of aromatic nitrogens is 3. The van der Waals surface area contributed by atoms with E-state index in [1.54, 1.807) is 38.4 Å². The van der Waals surface area contributed by atoms with Gasteiger partial charge in [-0.15, -0.1) is 21.5 Å². The van der Waals surface area contributed by atoms with Gasteiger partial charge in [0.05, 0.1) is 40.2 Å². The van der Waals surface area contributed by atoms with E-state index in [0.29, 0.717) is 29.4 Å². The van der Waals surface area contributed by atoms with Crippen molar-refractivity contribution in [1.29, 1.82) is 0 Å². The van der Waals surface area contributed by atoms with Crippen LogP contribution < -0.4 is 26.0 Å². The van der Waals surface area contributed by atoms with Crippen molar-refractivity contribution in [3.8, 4) is 33.2 Å². The van der Waals surface area contributed by atoms with Gasteiger partial charge < -0.3 is 41.1 Å². The van der Waals surface area contributed by atoms with Crippen LogP contribution in [-0.4, -0.2) is 116 Å². The highest BCUT2D eigenvalue weighted by molar-refractivity contribution is 7.13. The van der Waals surface area contributed by atoms with E-state index >= 15 is 0 Å². The number of rotatable bonds is 16. The number of aliphatic hydroxyl groups is 1. The van der Waals surface area contributed by atoms with Crippen molar-refractivity contribution in [1.82, 2.24) is 35.6 Å². The number of likely N-dealkylation sites (tertiary alicyclic amines) is 1. The lowest BCUT2D eigenvalue weighted by Gasteiger charge is -2.36. The molecule has 2 saturated heterocycles. The molecule has 1 saturated carbocycles. The number of halogens is 1.